The maximum absolute atomic E-state index is 12.4. The summed E-state index contributed by atoms with van der Waals surface area (Å²) in [6.45, 7) is 1.19. The molecule has 0 unspecified atom stereocenters. The van der Waals surface area contributed by atoms with Crippen molar-refractivity contribution in [2.75, 3.05) is 12.3 Å². The molecule has 0 aliphatic carbocycles. The number of amides is 1. The minimum Gasteiger partial charge on any atom is -0.507 e. The number of benzene rings is 2. The van der Waals surface area contributed by atoms with Crippen LogP contribution >= 0.6 is 0 Å². The largest absolute Gasteiger partial charge is 0.507 e. The van der Waals surface area contributed by atoms with Crippen molar-refractivity contribution in [1.82, 2.24) is 4.90 Å². The fraction of sp³-hybridized carbons (Fsp3) is 0.188. The number of nitrogen functional groups attached to an aromatic ring is 1. The van der Waals surface area contributed by atoms with E-state index in [0.29, 0.717) is 24.3 Å². The van der Waals surface area contributed by atoms with Crippen molar-refractivity contribution < 1.29 is 9.90 Å². The molecule has 1 aliphatic heterocycles. The second-order valence-corrected chi connectivity index (χ2v) is 5.02. The first-order chi connectivity index (χ1) is 9.65. The number of phenols is 1. The number of hydrogen-bond donors (Lipinski definition) is 2. The van der Waals surface area contributed by atoms with E-state index in [1.165, 1.54) is 11.6 Å². The molecule has 4 nitrogen and oxygen atoms in total. The molecule has 102 valence electrons. The van der Waals surface area contributed by atoms with Crippen LogP contribution in [0.15, 0.2) is 42.5 Å². The summed E-state index contributed by atoms with van der Waals surface area (Å²) in [4.78, 5) is 14.2. The Morgan fingerprint density at radius 3 is 2.75 bits per heavy atom. The highest BCUT2D eigenvalue weighted by Gasteiger charge is 2.23. The van der Waals surface area contributed by atoms with Crippen LogP contribution in [0, 0.1) is 0 Å². The topological polar surface area (TPSA) is 66.6 Å². The molecule has 2 aromatic rings. The van der Waals surface area contributed by atoms with E-state index in [-0.39, 0.29) is 11.7 Å². The Kier molecular flexibility index (Phi) is 3.06. The first-order valence-electron chi connectivity index (χ1n) is 6.59. The van der Waals surface area contributed by atoms with Gasteiger partial charge in [-0.15, -0.1) is 0 Å². The number of nitrogens with zero attached hydrogens (tertiary/aromatic N) is 1. The Labute approximate surface area is 117 Å². The second-order valence-electron chi connectivity index (χ2n) is 5.02. The van der Waals surface area contributed by atoms with Crippen LogP contribution in [-0.2, 0) is 13.0 Å². The van der Waals surface area contributed by atoms with Crippen molar-refractivity contribution >= 4 is 11.6 Å². The Hall–Kier alpha value is -2.49. The number of carbonyl (C=O) groups excluding carboxylic acids is 1. The van der Waals surface area contributed by atoms with Gasteiger partial charge >= 0.3 is 0 Å². The minimum absolute atomic E-state index is 0.0240. The van der Waals surface area contributed by atoms with E-state index in [4.69, 9.17) is 5.73 Å². The van der Waals surface area contributed by atoms with Crippen LogP contribution in [0.5, 0.6) is 5.75 Å². The molecule has 0 saturated heterocycles. The zero-order valence-corrected chi connectivity index (χ0v) is 11.0. The lowest BCUT2D eigenvalue weighted by Crippen LogP contribution is -2.36. The molecule has 1 aliphatic rings. The third kappa shape index (κ3) is 2.20. The number of aromatic hydroxyl groups is 1. The second kappa shape index (κ2) is 4.89. The molecule has 1 heterocycles. The molecule has 0 bridgehead atoms. The molecule has 1 amide bonds. The van der Waals surface area contributed by atoms with Crippen LogP contribution in [0.4, 0.5) is 5.69 Å². The van der Waals surface area contributed by atoms with Crippen LogP contribution in [0.25, 0.3) is 0 Å². The minimum atomic E-state index is -0.142. The van der Waals surface area contributed by atoms with Crippen LogP contribution in [0.3, 0.4) is 0 Å². The van der Waals surface area contributed by atoms with Gasteiger partial charge in [-0.1, -0.05) is 18.2 Å². The summed E-state index contributed by atoms with van der Waals surface area (Å²) >= 11 is 0. The Bertz CT molecular complexity index is 667. The maximum Gasteiger partial charge on any atom is 0.257 e. The molecule has 3 N–H and O–H groups in total. The Balaban J connectivity index is 1.87. The van der Waals surface area contributed by atoms with Gasteiger partial charge in [-0.3, -0.25) is 4.79 Å². The van der Waals surface area contributed by atoms with Crippen molar-refractivity contribution in [2.45, 2.75) is 13.0 Å². The van der Waals surface area contributed by atoms with E-state index in [1.807, 2.05) is 18.2 Å². The number of rotatable bonds is 1. The fourth-order valence-electron chi connectivity index (χ4n) is 2.58. The molecular weight excluding hydrogens is 252 g/mol. The number of hydrogen-bond acceptors (Lipinski definition) is 3. The Morgan fingerprint density at radius 1 is 1.15 bits per heavy atom. The van der Waals surface area contributed by atoms with Gasteiger partial charge in [0.25, 0.3) is 5.91 Å². The zero-order chi connectivity index (χ0) is 14.1. The highest BCUT2D eigenvalue weighted by atomic mass is 16.3. The third-order valence-electron chi connectivity index (χ3n) is 3.66. The van der Waals surface area contributed by atoms with E-state index in [9.17, 15) is 9.90 Å². The number of fused-ring (bicyclic) bond motifs is 1. The molecular formula is C16H16N2O2. The summed E-state index contributed by atoms with van der Waals surface area (Å²) in [7, 11) is 0. The lowest BCUT2D eigenvalue weighted by atomic mass is 9.98. The van der Waals surface area contributed by atoms with E-state index in [2.05, 4.69) is 0 Å². The standard InChI is InChI=1S/C16H16N2O2/c17-13-6-5-11-7-8-18(10-12(11)9-13)16(20)14-3-1-2-4-15(14)19/h1-6,9,19H,7-8,10,17H2. The summed E-state index contributed by atoms with van der Waals surface area (Å²) in [5.41, 5.74) is 9.17. The Morgan fingerprint density at radius 2 is 1.95 bits per heavy atom. The summed E-state index contributed by atoms with van der Waals surface area (Å²) in [6.07, 6.45) is 0.814. The third-order valence-corrected chi connectivity index (χ3v) is 3.66. The highest BCUT2D eigenvalue weighted by molar-refractivity contribution is 5.96. The van der Waals surface area contributed by atoms with Crippen LogP contribution in [0.2, 0.25) is 0 Å². The molecule has 20 heavy (non-hydrogen) atoms. The molecule has 4 heteroatoms. The average molecular weight is 268 g/mol. The molecule has 0 fully saturated rings. The van der Waals surface area contributed by atoms with E-state index in [1.54, 1.807) is 23.1 Å². The molecule has 2 aromatic carbocycles. The number of anilines is 1. The van der Waals surface area contributed by atoms with Crippen LogP contribution < -0.4 is 5.73 Å². The van der Waals surface area contributed by atoms with E-state index >= 15 is 0 Å². The molecule has 0 spiro atoms. The highest BCUT2D eigenvalue weighted by Crippen LogP contribution is 2.25. The summed E-state index contributed by atoms with van der Waals surface area (Å²) in [5, 5.41) is 9.78. The van der Waals surface area contributed by atoms with Crippen molar-refractivity contribution in [3.8, 4) is 5.75 Å². The van der Waals surface area contributed by atoms with Gasteiger partial charge in [-0.05, 0) is 41.8 Å². The summed E-state index contributed by atoms with van der Waals surface area (Å²) < 4.78 is 0. The van der Waals surface area contributed by atoms with Gasteiger partial charge in [0.1, 0.15) is 5.75 Å². The van der Waals surface area contributed by atoms with Crippen LogP contribution in [-0.4, -0.2) is 22.5 Å². The SMILES string of the molecule is Nc1ccc2c(c1)CN(C(=O)c1ccccc1O)CC2. The molecule has 0 saturated carbocycles. The lowest BCUT2D eigenvalue weighted by molar-refractivity contribution is 0.0731. The fourth-order valence-corrected chi connectivity index (χ4v) is 2.58. The molecule has 0 radical (unpaired) electrons. The van der Waals surface area contributed by atoms with Crippen LogP contribution in [0.1, 0.15) is 21.5 Å². The predicted molar refractivity (Wildman–Crippen MR) is 77.4 cm³/mol. The monoisotopic (exact) mass is 268 g/mol. The van der Waals surface area contributed by atoms with E-state index < -0.39 is 0 Å². The van der Waals surface area contributed by atoms with Gasteiger partial charge in [0.05, 0.1) is 5.56 Å². The van der Waals surface area contributed by atoms with E-state index in [0.717, 1.165) is 12.0 Å². The summed E-state index contributed by atoms with van der Waals surface area (Å²) in [5.74, 6) is -0.118. The van der Waals surface area contributed by atoms with Gasteiger partial charge < -0.3 is 15.7 Å². The van der Waals surface area contributed by atoms with Gasteiger partial charge in [0.2, 0.25) is 0 Å². The maximum atomic E-state index is 12.4. The lowest BCUT2D eigenvalue weighted by Gasteiger charge is -2.29. The van der Waals surface area contributed by atoms with Gasteiger partial charge in [0.15, 0.2) is 0 Å². The molecule has 0 atom stereocenters. The summed E-state index contributed by atoms with van der Waals surface area (Å²) in [6, 6.07) is 12.5. The number of para-hydroxylation sites is 1. The van der Waals surface area contributed by atoms with Gasteiger partial charge in [-0.25, -0.2) is 0 Å². The van der Waals surface area contributed by atoms with Crippen molar-refractivity contribution in [3.05, 3.63) is 59.2 Å². The zero-order valence-electron chi connectivity index (χ0n) is 11.0. The normalized spacial score (nSPS) is 13.9. The molecule has 3 rings (SSSR count). The van der Waals surface area contributed by atoms with Gasteiger partial charge in [0, 0.05) is 18.8 Å². The van der Waals surface area contributed by atoms with Gasteiger partial charge in [-0.2, -0.15) is 0 Å². The van der Waals surface area contributed by atoms with Crippen molar-refractivity contribution in [1.29, 1.82) is 0 Å². The predicted octanol–water partition coefficient (Wildman–Crippen LogP) is 2.17. The van der Waals surface area contributed by atoms with Crippen molar-refractivity contribution in [2.24, 2.45) is 0 Å². The number of phenolic OH excluding ortho intramolecular Hbond substituents is 1. The first kappa shape index (κ1) is 12.5. The number of carbonyl (C=O) groups is 1. The number of nitrogens with two attached hydrogens (primary N) is 1. The average Bonchev–Trinajstić information content (AvgIpc) is 2.46. The smallest absolute Gasteiger partial charge is 0.257 e. The molecule has 0 aromatic heterocycles. The quantitative estimate of drug-likeness (QED) is 0.779. The first-order valence-corrected chi connectivity index (χ1v) is 6.59. The van der Waals surface area contributed by atoms with Crippen molar-refractivity contribution in [3.63, 3.8) is 0 Å².